The lowest BCUT2D eigenvalue weighted by molar-refractivity contribution is -0.122. The van der Waals surface area contributed by atoms with Crippen LogP contribution in [0.15, 0.2) is 6.33 Å². The van der Waals surface area contributed by atoms with Crippen molar-refractivity contribution >= 4 is 17.8 Å². The standard InChI is InChI=1S/C10H18N6O2/c1-2-4-12-8(17)3-5-13-9(18)6-16-7-14-10(11)15-16/h7H,2-6H2,1H3,(H2,11,15)(H,12,17)(H,13,18). The molecule has 0 saturated carbocycles. The predicted octanol–water partition coefficient (Wildman–Crippen LogP) is -1.11. The van der Waals surface area contributed by atoms with Crippen LogP contribution in [0.4, 0.5) is 5.95 Å². The number of carbonyl (C=O) groups is 2. The second-order valence-corrected chi connectivity index (χ2v) is 3.75. The Labute approximate surface area is 105 Å². The largest absolute Gasteiger partial charge is 0.367 e. The summed E-state index contributed by atoms with van der Waals surface area (Å²) in [4.78, 5) is 26.4. The van der Waals surface area contributed by atoms with Gasteiger partial charge in [0.2, 0.25) is 17.8 Å². The van der Waals surface area contributed by atoms with Crippen LogP contribution in [0, 0.1) is 0 Å². The second-order valence-electron chi connectivity index (χ2n) is 3.75. The molecule has 0 unspecified atom stereocenters. The van der Waals surface area contributed by atoms with Gasteiger partial charge in [0, 0.05) is 19.5 Å². The van der Waals surface area contributed by atoms with Crippen LogP contribution in [0.3, 0.4) is 0 Å². The number of rotatable bonds is 7. The SMILES string of the molecule is CCCNC(=O)CCNC(=O)Cn1cnc(N)n1. The lowest BCUT2D eigenvalue weighted by Gasteiger charge is -2.05. The predicted molar refractivity (Wildman–Crippen MR) is 65.4 cm³/mol. The third-order valence-electron chi connectivity index (χ3n) is 2.11. The molecule has 0 atom stereocenters. The van der Waals surface area contributed by atoms with Gasteiger partial charge in [-0.25, -0.2) is 9.67 Å². The number of aromatic nitrogens is 3. The van der Waals surface area contributed by atoms with E-state index in [-0.39, 0.29) is 30.7 Å². The van der Waals surface area contributed by atoms with Gasteiger partial charge in [-0.2, -0.15) is 0 Å². The molecular weight excluding hydrogens is 236 g/mol. The van der Waals surface area contributed by atoms with Crippen LogP contribution >= 0.6 is 0 Å². The van der Waals surface area contributed by atoms with Gasteiger partial charge in [-0.3, -0.25) is 9.59 Å². The van der Waals surface area contributed by atoms with Crippen molar-refractivity contribution in [1.82, 2.24) is 25.4 Å². The third kappa shape index (κ3) is 5.28. The topological polar surface area (TPSA) is 115 Å². The van der Waals surface area contributed by atoms with Crippen LogP contribution in [0.5, 0.6) is 0 Å². The summed E-state index contributed by atoms with van der Waals surface area (Å²) in [5.74, 6) is -0.174. The number of amides is 2. The maximum atomic E-state index is 11.4. The molecule has 0 spiro atoms. The number of carbonyl (C=O) groups excluding carboxylic acids is 2. The second kappa shape index (κ2) is 7.25. The van der Waals surface area contributed by atoms with Crippen LogP contribution in [0.1, 0.15) is 19.8 Å². The average Bonchev–Trinajstić information content (AvgIpc) is 2.72. The molecule has 0 saturated heterocycles. The van der Waals surface area contributed by atoms with E-state index in [1.165, 1.54) is 11.0 Å². The molecule has 1 heterocycles. The molecule has 0 aliphatic rings. The molecule has 1 aromatic rings. The minimum Gasteiger partial charge on any atom is -0.367 e. The summed E-state index contributed by atoms with van der Waals surface area (Å²) in [6, 6.07) is 0. The molecule has 0 aliphatic carbocycles. The highest BCUT2D eigenvalue weighted by Crippen LogP contribution is 1.89. The quantitative estimate of drug-likeness (QED) is 0.571. The molecule has 1 rings (SSSR count). The molecule has 1 aromatic heterocycles. The van der Waals surface area contributed by atoms with Gasteiger partial charge in [-0.1, -0.05) is 6.92 Å². The van der Waals surface area contributed by atoms with Crippen LogP contribution in [-0.4, -0.2) is 39.7 Å². The summed E-state index contributed by atoms with van der Waals surface area (Å²) < 4.78 is 1.34. The van der Waals surface area contributed by atoms with Crippen molar-refractivity contribution in [2.75, 3.05) is 18.8 Å². The summed E-state index contributed by atoms with van der Waals surface area (Å²) in [7, 11) is 0. The number of anilines is 1. The lowest BCUT2D eigenvalue weighted by atomic mass is 10.3. The monoisotopic (exact) mass is 254 g/mol. The van der Waals surface area contributed by atoms with E-state index in [9.17, 15) is 9.59 Å². The van der Waals surface area contributed by atoms with E-state index in [0.29, 0.717) is 13.1 Å². The summed E-state index contributed by atoms with van der Waals surface area (Å²) in [6.45, 7) is 2.98. The Morgan fingerprint density at radius 3 is 2.67 bits per heavy atom. The van der Waals surface area contributed by atoms with E-state index >= 15 is 0 Å². The number of nitrogens with one attached hydrogen (secondary N) is 2. The third-order valence-corrected chi connectivity index (χ3v) is 2.11. The van der Waals surface area contributed by atoms with Crippen molar-refractivity contribution in [3.05, 3.63) is 6.33 Å². The Balaban J connectivity index is 2.15. The van der Waals surface area contributed by atoms with Crippen LogP contribution < -0.4 is 16.4 Å². The van der Waals surface area contributed by atoms with Gasteiger partial charge in [0.1, 0.15) is 12.9 Å². The highest BCUT2D eigenvalue weighted by molar-refractivity contribution is 5.78. The van der Waals surface area contributed by atoms with Crippen molar-refractivity contribution < 1.29 is 9.59 Å². The number of nitrogens with zero attached hydrogens (tertiary/aromatic N) is 3. The van der Waals surface area contributed by atoms with Crippen molar-refractivity contribution in [3.63, 3.8) is 0 Å². The van der Waals surface area contributed by atoms with Crippen molar-refractivity contribution in [3.8, 4) is 0 Å². The first-order valence-electron chi connectivity index (χ1n) is 5.80. The molecule has 8 heteroatoms. The summed E-state index contributed by atoms with van der Waals surface area (Å²) >= 11 is 0. The molecule has 0 radical (unpaired) electrons. The van der Waals surface area contributed by atoms with E-state index < -0.39 is 0 Å². The maximum Gasteiger partial charge on any atom is 0.241 e. The minimum absolute atomic E-state index is 0.0424. The molecule has 0 aliphatic heterocycles. The highest BCUT2D eigenvalue weighted by atomic mass is 16.2. The van der Waals surface area contributed by atoms with E-state index in [1.807, 2.05) is 6.92 Å². The van der Waals surface area contributed by atoms with Gasteiger partial charge < -0.3 is 16.4 Å². The molecular formula is C10H18N6O2. The van der Waals surface area contributed by atoms with Gasteiger partial charge >= 0.3 is 0 Å². The van der Waals surface area contributed by atoms with Crippen LogP contribution in [-0.2, 0) is 16.1 Å². The zero-order valence-corrected chi connectivity index (χ0v) is 10.3. The normalized spacial score (nSPS) is 10.1. The zero-order chi connectivity index (χ0) is 13.4. The first-order chi connectivity index (χ1) is 8.61. The fourth-order valence-corrected chi connectivity index (χ4v) is 1.26. The average molecular weight is 254 g/mol. The molecule has 0 bridgehead atoms. The first kappa shape index (κ1) is 13.9. The highest BCUT2D eigenvalue weighted by Gasteiger charge is 2.05. The number of hydrogen-bond donors (Lipinski definition) is 3. The number of nitrogen functional groups attached to an aromatic ring is 1. The lowest BCUT2D eigenvalue weighted by Crippen LogP contribution is -2.32. The van der Waals surface area contributed by atoms with E-state index in [1.54, 1.807) is 0 Å². The number of nitrogens with two attached hydrogens (primary N) is 1. The molecule has 8 nitrogen and oxygen atoms in total. The molecule has 100 valence electrons. The summed E-state index contributed by atoms with van der Waals surface area (Å²) in [5.41, 5.74) is 5.31. The Morgan fingerprint density at radius 1 is 1.33 bits per heavy atom. The fourth-order valence-electron chi connectivity index (χ4n) is 1.26. The summed E-state index contributed by atoms with van der Waals surface area (Å²) in [6.07, 6.45) is 2.54. The van der Waals surface area contributed by atoms with Crippen molar-refractivity contribution in [2.24, 2.45) is 0 Å². The first-order valence-corrected chi connectivity index (χ1v) is 5.80. The molecule has 0 fully saturated rings. The van der Waals surface area contributed by atoms with Crippen molar-refractivity contribution in [2.45, 2.75) is 26.3 Å². The maximum absolute atomic E-state index is 11.4. The molecule has 4 N–H and O–H groups in total. The number of hydrogen-bond acceptors (Lipinski definition) is 5. The Bertz CT molecular complexity index is 403. The molecule has 2 amide bonds. The minimum atomic E-state index is -0.233. The Hall–Kier alpha value is -2.12. The molecule has 0 aromatic carbocycles. The Kier molecular flexibility index (Phi) is 5.62. The van der Waals surface area contributed by atoms with Gasteiger partial charge in [0.05, 0.1) is 0 Å². The van der Waals surface area contributed by atoms with Gasteiger partial charge in [-0.05, 0) is 6.42 Å². The van der Waals surface area contributed by atoms with Crippen LogP contribution in [0.25, 0.3) is 0 Å². The van der Waals surface area contributed by atoms with Gasteiger partial charge in [0.25, 0.3) is 0 Å². The van der Waals surface area contributed by atoms with Gasteiger partial charge in [-0.15, -0.1) is 5.10 Å². The van der Waals surface area contributed by atoms with Crippen molar-refractivity contribution in [1.29, 1.82) is 0 Å². The van der Waals surface area contributed by atoms with Crippen LogP contribution in [0.2, 0.25) is 0 Å². The fraction of sp³-hybridized carbons (Fsp3) is 0.600. The van der Waals surface area contributed by atoms with E-state index in [0.717, 1.165) is 6.42 Å². The zero-order valence-electron chi connectivity index (χ0n) is 10.3. The molecule has 18 heavy (non-hydrogen) atoms. The van der Waals surface area contributed by atoms with E-state index in [4.69, 9.17) is 5.73 Å². The van der Waals surface area contributed by atoms with Gasteiger partial charge in [0.15, 0.2) is 0 Å². The smallest absolute Gasteiger partial charge is 0.241 e. The summed E-state index contributed by atoms with van der Waals surface area (Å²) in [5, 5.41) is 9.12. The Morgan fingerprint density at radius 2 is 2.06 bits per heavy atom. The van der Waals surface area contributed by atoms with E-state index in [2.05, 4.69) is 20.7 Å².